The molecular formula is C9H9NO2. The third-order valence-electron chi connectivity index (χ3n) is 1.76. The van der Waals surface area contributed by atoms with E-state index in [4.69, 9.17) is 9.52 Å². The third-order valence-corrected chi connectivity index (χ3v) is 1.76. The van der Waals surface area contributed by atoms with Crippen molar-refractivity contribution in [2.75, 3.05) is 0 Å². The molecule has 0 radical (unpaired) electrons. The average Bonchev–Trinajstić information content (AvgIpc) is 2.58. The second-order valence-electron chi connectivity index (χ2n) is 2.66. The predicted molar refractivity (Wildman–Crippen MR) is 44.2 cm³/mol. The second-order valence-corrected chi connectivity index (χ2v) is 2.66. The Balaban J connectivity index is 2.23. The highest BCUT2D eigenvalue weighted by Crippen LogP contribution is 2.19. The molecule has 0 fully saturated rings. The summed E-state index contributed by atoms with van der Waals surface area (Å²) in [5, 5.41) is 9.14. The fourth-order valence-corrected chi connectivity index (χ4v) is 1.13. The lowest BCUT2D eigenvalue weighted by molar-refractivity contribution is 0.226. The largest absolute Gasteiger partial charge is 0.445 e. The lowest BCUT2D eigenvalue weighted by Crippen LogP contribution is -2.03. The molecule has 0 saturated heterocycles. The maximum Gasteiger partial charge on any atom is 0.225 e. The minimum absolute atomic E-state index is 0.358. The summed E-state index contributed by atoms with van der Waals surface area (Å²) in [6, 6.07) is 0. The van der Waals surface area contributed by atoms with Crippen molar-refractivity contribution in [1.82, 2.24) is 4.98 Å². The molecule has 1 heterocycles. The third kappa shape index (κ3) is 1.31. The Hall–Kier alpha value is -1.35. The van der Waals surface area contributed by atoms with Crippen LogP contribution in [0.25, 0.3) is 5.57 Å². The van der Waals surface area contributed by atoms with Gasteiger partial charge in [-0.3, -0.25) is 0 Å². The van der Waals surface area contributed by atoms with Gasteiger partial charge < -0.3 is 9.52 Å². The number of aromatic nitrogens is 1. The van der Waals surface area contributed by atoms with E-state index in [1.54, 1.807) is 12.3 Å². The van der Waals surface area contributed by atoms with Gasteiger partial charge >= 0.3 is 0 Å². The van der Waals surface area contributed by atoms with Gasteiger partial charge in [0, 0.05) is 5.57 Å². The Bertz CT molecular complexity index is 311. The van der Waals surface area contributed by atoms with Gasteiger partial charge in [-0.25, -0.2) is 4.98 Å². The van der Waals surface area contributed by atoms with Crippen LogP contribution in [0.2, 0.25) is 0 Å². The molecule has 1 aliphatic carbocycles. The van der Waals surface area contributed by atoms with Crippen LogP contribution in [0.5, 0.6) is 0 Å². The van der Waals surface area contributed by atoms with E-state index in [0.717, 1.165) is 5.57 Å². The van der Waals surface area contributed by atoms with Crippen LogP contribution in [-0.2, 0) is 0 Å². The number of oxazole rings is 1. The Labute approximate surface area is 70.0 Å². The summed E-state index contributed by atoms with van der Waals surface area (Å²) in [4.78, 5) is 4.00. The van der Waals surface area contributed by atoms with Gasteiger partial charge in [0.1, 0.15) is 6.26 Å². The van der Waals surface area contributed by atoms with Crippen LogP contribution in [0.4, 0.5) is 0 Å². The van der Waals surface area contributed by atoms with Crippen LogP contribution in [-0.4, -0.2) is 16.2 Å². The molecule has 0 saturated carbocycles. The van der Waals surface area contributed by atoms with Gasteiger partial charge in [0.25, 0.3) is 0 Å². The van der Waals surface area contributed by atoms with Crippen molar-refractivity contribution in [3.63, 3.8) is 0 Å². The van der Waals surface area contributed by atoms with E-state index < -0.39 is 0 Å². The summed E-state index contributed by atoms with van der Waals surface area (Å²) in [5.41, 5.74) is 0.935. The van der Waals surface area contributed by atoms with Crippen LogP contribution in [0.3, 0.4) is 0 Å². The van der Waals surface area contributed by atoms with Crippen molar-refractivity contribution in [2.24, 2.45) is 0 Å². The van der Waals surface area contributed by atoms with Crippen molar-refractivity contribution in [1.29, 1.82) is 0 Å². The van der Waals surface area contributed by atoms with E-state index in [0.29, 0.717) is 12.3 Å². The summed E-state index contributed by atoms with van der Waals surface area (Å²) in [6.45, 7) is 0. The topological polar surface area (TPSA) is 46.3 Å². The molecule has 1 aromatic heterocycles. The Morgan fingerprint density at radius 1 is 1.58 bits per heavy atom. The zero-order valence-electron chi connectivity index (χ0n) is 6.47. The van der Waals surface area contributed by atoms with Gasteiger partial charge in [0.2, 0.25) is 5.89 Å². The van der Waals surface area contributed by atoms with E-state index >= 15 is 0 Å². The van der Waals surface area contributed by atoms with Crippen molar-refractivity contribution < 1.29 is 9.52 Å². The molecule has 1 N–H and O–H groups in total. The molecule has 0 bridgehead atoms. The molecule has 12 heavy (non-hydrogen) atoms. The number of aliphatic hydroxyl groups is 1. The Morgan fingerprint density at radius 2 is 2.50 bits per heavy atom. The van der Waals surface area contributed by atoms with Crippen LogP contribution in [0.1, 0.15) is 12.3 Å². The molecule has 2 rings (SSSR count). The zero-order valence-corrected chi connectivity index (χ0v) is 6.47. The number of nitrogens with zero attached hydrogens (tertiary/aromatic N) is 1. The lowest BCUT2D eigenvalue weighted by Gasteiger charge is -2.07. The average molecular weight is 163 g/mol. The predicted octanol–water partition coefficient (Wildman–Crippen LogP) is 1.38. The first-order chi connectivity index (χ1) is 5.86. The first-order valence-electron chi connectivity index (χ1n) is 3.82. The van der Waals surface area contributed by atoms with E-state index in [9.17, 15) is 0 Å². The maximum atomic E-state index is 9.14. The molecule has 1 atom stereocenters. The number of hydrogen-bond acceptors (Lipinski definition) is 3. The van der Waals surface area contributed by atoms with E-state index in [1.807, 2.05) is 12.2 Å². The van der Waals surface area contributed by atoms with Gasteiger partial charge in [0.05, 0.1) is 12.3 Å². The van der Waals surface area contributed by atoms with Crippen LogP contribution >= 0.6 is 0 Å². The van der Waals surface area contributed by atoms with Crippen LogP contribution in [0.15, 0.2) is 35.1 Å². The smallest absolute Gasteiger partial charge is 0.225 e. The van der Waals surface area contributed by atoms with Gasteiger partial charge in [-0.2, -0.15) is 0 Å². The monoisotopic (exact) mass is 163 g/mol. The fraction of sp³-hybridized carbons (Fsp3) is 0.222. The molecule has 3 nitrogen and oxygen atoms in total. The van der Waals surface area contributed by atoms with E-state index in [2.05, 4.69) is 4.98 Å². The second kappa shape index (κ2) is 2.95. The lowest BCUT2D eigenvalue weighted by atomic mass is 10.1. The zero-order chi connectivity index (χ0) is 8.39. The van der Waals surface area contributed by atoms with E-state index in [-0.39, 0.29) is 6.10 Å². The molecule has 0 spiro atoms. The first-order valence-corrected chi connectivity index (χ1v) is 3.82. The molecule has 1 aliphatic rings. The Kier molecular flexibility index (Phi) is 1.80. The number of allylic oxidation sites excluding steroid dienone is 2. The van der Waals surface area contributed by atoms with Crippen molar-refractivity contribution in [3.05, 3.63) is 36.6 Å². The summed E-state index contributed by atoms with van der Waals surface area (Å²) in [6.07, 6.45) is 8.89. The summed E-state index contributed by atoms with van der Waals surface area (Å²) >= 11 is 0. The van der Waals surface area contributed by atoms with Gasteiger partial charge in [-0.15, -0.1) is 0 Å². The van der Waals surface area contributed by atoms with E-state index in [1.165, 1.54) is 6.26 Å². The molecule has 0 amide bonds. The quantitative estimate of drug-likeness (QED) is 0.680. The van der Waals surface area contributed by atoms with Gasteiger partial charge in [-0.05, 0) is 6.42 Å². The molecule has 3 heteroatoms. The highest BCUT2D eigenvalue weighted by Gasteiger charge is 2.08. The molecular weight excluding hydrogens is 154 g/mol. The molecule has 0 aromatic carbocycles. The van der Waals surface area contributed by atoms with Crippen molar-refractivity contribution >= 4 is 5.57 Å². The van der Waals surface area contributed by atoms with Gasteiger partial charge in [-0.1, -0.05) is 18.2 Å². The maximum absolute atomic E-state index is 9.14. The van der Waals surface area contributed by atoms with Crippen LogP contribution < -0.4 is 0 Å². The highest BCUT2D eigenvalue weighted by atomic mass is 16.3. The molecule has 0 aliphatic heterocycles. The normalized spacial score (nSPS) is 22.4. The fourth-order valence-electron chi connectivity index (χ4n) is 1.13. The SMILES string of the molecule is OC1C=CC(c2ncco2)=CC1. The minimum Gasteiger partial charge on any atom is -0.445 e. The molecule has 1 unspecified atom stereocenters. The Morgan fingerprint density at radius 3 is 3.08 bits per heavy atom. The first kappa shape index (κ1) is 7.31. The van der Waals surface area contributed by atoms with Crippen molar-refractivity contribution in [2.45, 2.75) is 12.5 Å². The summed E-state index contributed by atoms with van der Waals surface area (Å²) < 4.78 is 5.10. The van der Waals surface area contributed by atoms with Gasteiger partial charge in [0.15, 0.2) is 0 Å². The highest BCUT2D eigenvalue weighted by molar-refractivity contribution is 5.69. The standard InChI is InChI=1S/C9H9NO2/c11-8-3-1-7(2-4-8)9-10-5-6-12-9/h1-3,5-6,8,11H,4H2. The van der Waals surface area contributed by atoms with Crippen LogP contribution in [0, 0.1) is 0 Å². The summed E-state index contributed by atoms with van der Waals surface area (Å²) in [7, 11) is 0. The molecule has 1 aromatic rings. The minimum atomic E-state index is -0.358. The number of hydrogen-bond donors (Lipinski definition) is 1. The van der Waals surface area contributed by atoms with Crippen molar-refractivity contribution in [3.8, 4) is 0 Å². The summed E-state index contributed by atoms with van der Waals surface area (Å²) in [5.74, 6) is 0.609. The molecule has 62 valence electrons. The number of aliphatic hydroxyl groups excluding tert-OH is 1. The number of rotatable bonds is 1.